The van der Waals surface area contributed by atoms with E-state index in [0.29, 0.717) is 0 Å². The third-order valence-corrected chi connectivity index (χ3v) is 3.68. The second-order valence-corrected chi connectivity index (χ2v) is 4.50. The molecule has 0 amide bonds. The van der Waals surface area contributed by atoms with Gasteiger partial charge in [-0.2, -0.15) is 0 Å². The highest BCUT2D eigenvalue weighted by molar-refractivity contribution is 5.05. The molecular weight excluding hydrogens is 176 g/mol. The van der Waals surface area contributed by atoms with Gasteiger partial charge in [0, 0.05) is 11.5 Å². The molecule has 2 saturated heterocycles. The molecule has 14 heavy (non-hydrogen) atoms. The Hall–Kier alpha value is -0.380. The molecule has 2 aliphatic heterocycles. The average Bonchev–Trinajstić information content (AvgIpc) is 2.41. The van der Waals surface area contributed by atoms with Crippen LogP contribution >= 0.6 is 0 Å². The number of hydrogen-bond acceptors (Lipinski definition) is 3. The zero-order valence-corrected chi connectivity index (χ0v) is 8.67. The number of nitrogens with one attached hydrogen (secondary N) is 1. The lowest BCUT2D eigenvalue weighted by atomic mass is 9.75. The van der Waals surface area contributed by atoms with Gasteiger partial charge in [0.15, 0.2) is 0 Å². The molecule has 3 heteroatoms. The van der Waals surface area contributed by atoms with Crippen LogP contribution in [0.1, 0.15) is 19.3 Å². The Kier molecular flexibility index (Phi) is 2.91. The summed E-state index contributed by atoms with van der Waals surface area (Å²) in [5.41, 5.74) is 6.46. The topological polar surface area (TPSA) is 47.3 Å². The molecule has 0 aliphatic carbocycles. The van der Waals surface area contributed by atoms with E-state index >= 15 is 0 Å². The lowest BCUT2D eigenvalue weighted by Crippen LogP contribution is -2.44. The van der Waals surface area contributed by atoms with Crippen LogP contribution in [0.5, 0.6) is 0 Å². The highest BCUT2D eigenvalue weighted by Crippen LogP contribution is 2.40. The van der Waals surface area contributed by atoms with Gasteiger partial charge in [-0.15, -0.1) is 6.58 Å². The van der Waals surface area contributed by atoms with Crippen LogP contribution in [0.15, 0.2) is 12.7 Å². The molecule has 2 rings (SSSR count). The smallest absolute Gasteiger partial charge is 0.0910 e. The Morgan fingerprint density at radius 2 is 2.29 bits per heavy atom. The Morgan fingerprint density at radius 3 is 3.00 bits per heavy atom. The van der Waals surface area contributed by atoms with Crippen molar-refractivity contribution >= 4 is 0 Å². The van der Waals surface area contributed by atoms with Crippen LogP contribution in [0.25, 0.3) is 0 Å². The Morgan fingerprint density at radius 1 is 1.43 bits per heavy atom. The second-order valence-electron chi connectivity index (χ2n) is 4.50. The van der Waals surface area contributed by atoms with Crippen LogP contribution in [-0.4, -0.2) is 31.8 Å². The Labute approximate surface area is 85.7 Å². The molecule has 0 radical (unpaired) electrons. The van der Waals surface area contributed by atoms with Crippen molar-refractivity contribution in [1.29, 1.82) is 0 Å². The van der Waals surface area contributed by atoms with Crippen LogP contribution in [0.3, 0.4) is 0 Å². The van der Waals surface area contributed by atoms with Gasteiger partial charge in [0.05, 0.1) is 12.7 Å². The van der Waals surface area contributed by atoms with E-state index in [2.05, 4.69) is 11.9 Å². The van der Waals surface area contributed by atoms with Gasteiger partial charge in [-0.05, 0) is 32.4 Å². The molecule has 1 spiro atoms. The van der Waals surface area contributed by atoms with Crippen molar-refractivity contribution in [3.05, 3.63) is 12.7 Å². The fourth-order valence-corrected chi connectivity index (χ4v) is 2.66. The van der Waals surface area contributed by atoms with Gasteiger partial charge < -0.3 is 15.8 Å². The van der Waals surface area contributed by atoms with E-state index in [1.165, 1.54) is 12.8 Å². The van der Waals surface area contributed by atoms with Gasteiger partial charge in [-0.3, -0.25) is 0 Å². The summed E-state index contributed by atoms with van der Waals surface area (Å²) in [7, 11) is 0. The highest BCUT2D eigenvalue weighted by Gasteiger charge is 2.46. The summed E-state index contributed by atoms with van der Waals surface area (Å²) < 4.78 is 5.69. The zero-order chi connectivity index (χ0) is 10.0. The quantitative estimate of drug-likeness (QED) is 0.606. The fourth-order valence-electron chi connectivity index (χ4n) is 2.66. The Bertz CT molecular complexity index is 209. The van der Waals surface area contributed by atoms with E-state index in [-0.39, 0.29) is 17.6 Å². The molecule has 2 fully saturated rings. The molecule has 0 aromatic rings. The van der Waals surface area contributed by atoms with Crippen molar-refractivity contribution in [1.82, 2.24) is 5.32 Å². The second kappa shape index (κ2) is 4.01. The predicted octanol–water partition coefficient (Wildman–Crippen LogP) is 0.658. The first kappa shape index (κ1) is 10.1. The predicted molar refractivity (Wildman–Crippen MR) is 57.1 cm³/mol. The first-order valence-corrected chi connectivity index (χ1v) is 5.49. The minimum Gasteiger partial charge on any atom is -0.372 e. The van der Waals surface area contributed by atoms with Gasteiger partial charge in [-0.25, -0.2) is 0 Å². The third-order valence-electron chi connectivity index (χ3n) is 3.68. The molecular formula is C11H20N2O. The molecule has 0 bridgehead atoms. The molecule has 2 aliphatic rings. The molecule has 3 atom stereocenters. The van der Waals surface area contributed by atoms with Gasteiger partial charge in [-0.1, -0.05) is 6.08 Å². The highest BCUT2D eigenvalue weighted by atomic mass is 16.5. The SMILES string of the molecule is C=C[C@@H]1OCC2(CCCNCC2)[C@@H]1N. The van der Waals surface area contributed by atoms with Crippen molar-refractivity contribution in [3.63, 3.8) is 0 Å². The van der Waals surface area contributed by atoms with Crippen LogP contribution in [0, 0.1) is 5.41 Å². The number of ether oxygens (including phenoxy) is 1. The maximum absolute atomic E-state index is 6.24. The van der Waals surface area contributed by atoms with Gasteiger partial charge >= 0.3 is 0 Å². The monoisotopic (exact) mass is 196 g/mol. The van der Waals surface area contributed by atoms with Crippen molar-refractivity contribution in [2.75, 3.05) is 19.7 Å². The average molecular weight is 196 g/mol. The maximum Gasteiger partial charge on any atom is 0.0910 e. The largest absolute Gasteiger partial charge is 0.372 e. The van der Waals surface area contributed by atoms with E-state index in [1.54, 1.807) is 0 Å². The third kappa shape index (κ3) is 1.60. The van der Waals surface area contributed by atoms with E-state index in [4.69, 9.17) is 10.5 Å². The first-order valence-electron chi connectivity index (χ1n) is 5.49. The maximum atomic E-state index is 6.24. The Balaban J connectivity index is 2.10. The minimum atomic E-state index is 0.0631. The lowest BCUT2D eigenvalue weighted by Gasteiger charge is -2.30. The van der Waals surface area contributed by atoms with E-state index in [9.17, 15) is 0 Å². The summed E-state index contributed by atoms with van der Waals surface area (Å²) >= 11 is 0. The standard InChI is InChI=1S/C11H20N2O/c1-2-9-10(12)11(8-14-9)4-3-6-13-7-5-11/h2,9-10,13H,1,3-8,12H2/t9-,10+,11?/m0/s1. The van der Waals surface area contributed by atoms with Crippen LogP contribution in [0.4, 0.5) is 0 Å². The van der Waals surface area contributed by atoms with Crippen molar-refractivity contribution in [3.8, 4) is 0 Å². The molecule has 0 aromatic carbocycles. The van der Waals surface area contributed by atoms with Gasteiger partial charge in [0.25, 0.3) is 0 Å². The van der Waals surface area contributed by atoms with Gasteiger partial charge in [0.2, 0.25) is 0 Å². The first-order chi connectivity index (χ1) is 6.78. The molecule has 3 N–H and O–H groups in total. The molecule has 3 nitrogen and oxygen atoms in total. The number of hydrogen-bond donors (Lipinski definition) is 2. The summed E-state index contributed by atoms with van der Waals surface area (Å²) in [4.78, 5) is 0. The minimum absolute atomic E-state index is 0.0631. The summed E-state index contributed by atoms with van der Waals surface area (Å²) in [5, 5.41) is 3.41. The van der Waals surface area contributed by atoms with E-state index in [1.807, 2.05) is 6.08 Å². The molecule has 0 aromatic heterocycles. The molecule has 80 valence electrons. The van der Waals surface area contributed by atoms with Crippen LogP contribution < -0.4 is 11.1 Å². The molecule has 2 heterocycles. The van der Waals surface area contributed by atoms with Crippen molar-refractivity contribution in [2.24, 2.45) is 11.1 Å². The summed E-state index contributed by atoms with van der Waals surface area (Å²) in [6.45, 7) is 6.77. The summed E-state index contributed by atoms with van der Waals surface area (Å²) in [6.07, 6.45) is 5.44. The van der Waals surface area contributed by atoms with Crippen LogP contribution in [0.2, 0.25) is 0 Å². The fraction of sp³-hybridized carbons (Fsp3) is 0.818. The summed E-state index contributed by atoms with van der Waals surface area (Å²) in [6, 6.07) is 0.139. The lowest BCUT2D eigenvalue weighted by molar-refractivity contribution is 0.115. The zero-order valence-electron chi connectivity index (χ0n) is 8.67. The van der Waals surface area contributed by atoms with E-state index < -0.39 is 0 Å². The van der Waals surface area contributed by atoms with Crippen LogP contribution in [-0.2, 0) is 4.74 Å². The van der Waals surface area contributed by atoms with E-state index in [0.717, 1.165) is 26.1 Å². The molecule has 1 unspecified atom stereocenters. The molecule has 0 saturated carbocycles. The summed E-state index contributed by atoms with van der Waals surface area (Å²) in [5.74, 6) is 0. The van der Waals surface area contributed by atoms with Crippen molar-refractivity contribution in [2.45, 2.75) is 31.4 Å². The number of nitrogens with two attached hydrogens (primary N) is 1. The number of rotatable bonds is 1. The van der Waals surface area contributed by atoms with Gasteiger partial charge in [0.1, 0.15) is 0 Å². The normalized spacial score (nSPS) is 43.8. The van der Waals surface area contributed by atoms with Crippen molar-refractivity contribution < 1.29 is 4.74 Å².